The molecule has 0 aliphatic carbocycles. The fourth-order valence-electron chi connectivity index (χ4n) is 1.73. The van der Waals surface area contributed by atoms with Crippen LogP contribution in [0.5, 0.6) is 0 Å². The van der Waals surface area contributed by atoms with Gasteiger partial charge in [-0.1, -0.05) is 23.7 Å². The van der Waals surface area contributed by atoms with Crippen LogP contribution >= 0.6 is 11.6 Å². The Bertz CT molecular complexity index is 644. The Morgan fingerprint density at radius 3 is 2.44 bits per heavy atom. The third-order valence-corrected chi connectivity index (χ3v) is 2.88. The van der Waals surface area contributed by atoms with Gasteiger partial charge in [-0.05, 0) is 24.6 Å². The first-order chi connectivity index (χ1) is 8.49. The van der Waals surface area contributed by atoms with Crippen molar-refractivity contribution in [2.24, 2.45) is 0 Å². The number of rotatable bonds is 2. The molecular formula is C12H10ClFN2O2. The summed E-state index contributed by atoms with van der Waals surface area (Å²) in [6, 6.07) is 6.24. The number of aromatic nitrogens is 2. The van der Waals surface area contributed by atoms with Crippen LogP contribution in [0.1, 0.15) is 18.5 Å². The Balaban J connectivity index is 2.53. The Labute approximate surface area is 107 Å². The lowest BCUT2D eigenvalue weighted by Gasteiger charge is -2.14. The standard InChI is InChI=1S/C12H10ClFN2O2/c1-7(8-2-4-9(14)5-3-8)16-11(17)6-10(13)15-12(16)18/h2-7H,1H3,(H,15,18). The quantitative estimate of drug-likeness (QED) is 0.846. The van der Waals surface area contributed by atoms with Crippen molar-refractivity contribution in [2.75, 3.05) is 0 Å². The summed E-state index contributed by atoms with van der Waals surface area (Å²) in [5.74, 6) is -0.372. The Kier molecular flexibility index (Phi) is 3.34. The molecule has 0 aliphatic heterocycles. The average molecular weight is 269 g/mol. The minimum absolute atomic E-state index is 0.00689. The molecule has 0 fully saturated rings. The molecule has 2 aromatic rings. The van der Waals surface area contributed by atoms with Crippen LogP contribution in [0.25, 0.3) is 0 Å². The third-order valence-electron chi connectivity index (χ3n) is 2.67. The summed E-state index contributed by atoms with van der Waals surface area (Å²) in [6.07, 6.45) is 0. The number of aromatic amines is 1. The second-order valence-electron chi connectivity index (χ2n) is 3.86. The van der Waals surface area contributed by atoms with Crippen LogP contribution in [0.4, 0.5) is 4.39 Å². The van der Waals surface area contributed by atoms with E-state index in [2.05, 4.69) is 4.98 Å². The van der Waals surface area contributed by atoms with Crippen molar-refractivity contribution in [2.45, 2.75) is 13.0 Å². The van der Waals surface area contributed by atoms with Gasteiger partial charge < -0.3 is 0 Å². The summed E-state index contributed by atoms with van der Waals surface area (Å²) >= 11 is 5.58. The molecule has 2 rings (SSSR count). The highest BCUT2D eigenvalue weighted by atomic mass is 35.5. The molecule has 0 bridgehead atoms. The van der Waals surface area contributed by atoms with E-state index < -0.39 is 17.3 Å². The van der Waals surface area contributed by atoms with Gasteiger partial charge >= 0.3 is 5.69 Å². The Hall–Kier alpha value is -1.88. The number of H-pyrrole nitrogens is 1. The fourth-order valence-corrected chi connectivity index (χ4v) is 1.91. The molecule has 1 atom stereocenters. The van der Waals surface area contributed by atoms with Gasteiger partial charge in [0.1, 0.15) is 11.0 Å². The first-order valence-electron chi connectivity index (χ1n) is 5.26. The van der Waals surface area contributed by atoms with Gasteiger partial charge in [-0.25, -0.2) is 9.18 Å². The van der Waals surface area contributed by atoms with Crippen LogP contribution in [0.15, 0.2) is 39.9 Å². The summed E-state index contributed by atoms with van der Waals surface area (Å²) in [4.78, 5) is 25.8. The van der Waals surface area contributed by atoms with E-state index >= 15 is 0 Å². The van der Waals surface area contributed by atoms with Gasteiger partial charge in [0.25, 0.3) is 5.56 Å². The van der Waals surface area contributed by atoms with Crippen molar-refractivity contribution in [3.63, 3.8) is 0 Å². The smallest absolute Gasteiger partial charge is 0.298 e. The molecule has 0 saturated heterocycles. The maximum Gasteiger partial charge on any atom is 0.330 e. The molecule has 1 aromatic heterocycles. The van der Waals surface area contributed by atoms with Crippen LogP contribution in [-0.4, -0.2) is 9.55 Å². The Morgan fingerprint density at radius 2 is 1.89 bits per heavy atom. The third kappa shape index (κ3) is 2.36. The van der Waals surface area contributed by atoms with Crippen LogP contribution in [-0.2, 0) is 0 Å². The zero-order valence-electron chi connectivity index (χ0n) is 9.48. The van der Waals surface area contributed by atoms with Gasteiger partial charge in [0.15, 0.2) is 0 Å². The summed E-state index contributed by atoms with van der Waals surface area (Å²) in [5.41, 5.74) is -0.434. The zero-order chi connectivity index (χ0) is 13.3. The van der Waals surface area contributed by atoms with Crippen molar-refractivity contribution < 1.29 is 4.39 Å². The predicted octanol–water partition coefficient (Wildman–Crippen LogP) is 1.94. The normalized spacial score (nSPS) is 12.4. The first kappa shape index (κ1) is 12.6. The molecule has 6 heteroatoms. The van der Waals surface area contributed by atoms with Crippen molar-refractivity contribution >= 4 is 11.6 Å². The Morgan fingerprint density at radius 1 is 1.28 bits per heavy atom. The fraction of sp³-hybridized carbons (Fsp3) is 0.167. The monoisotopic (exact) mass is 268 g/mol. The maximum atomic E-state index is 12.8. The number of hydrogen-bond donors (Lipinski definition) is 1. The molecule has 0 saturated carbocycles. The lowest BCUT2D eigenvalue weighted by atomic mass is 10.1. The highest BCUT2D eigenvalue weighted by Crippen LogP contribution is 2.15. The zero-order valence-corrected chi connectivity index (χ0v) is 10.2. The van der Waals surface area contributed by atoms with Crippen molar-refractivity contribution in [1.29, 1.82) is 0 Å². The number of benzene rings is 1. The van der Waals surface area contributed by atoms with Crippen LogP contribution in [0, 0.1) is 5.82 Å². The van der Waals surface area contributed by atoms with E-state index in [9.17, 15) is 14.0 Å². The summed E-state index contributed by atoms with van der Waals surface area (Å²) in [5, 5.41) is -0.00689. The first-order valence-corrected chi connectivity index (χ1v) is 5.63. The van der Waals surface area contributed by atoms with E-state index in [1.54, 1.807) is 6.92 Å². The van der Waals surface area contributed by atoms with Crippen molar-refractivity contribution in [3.8, 4) is 0 Å². The lowest BCUT2D eigenvalue weighted by Crippen LogP contribution is -2.37. The van der Waals surface area contributed by atoms with E-state index in [0.717, 1.165) is 10.6 Å². The van der Waals surface area contributed by atoms with Gasteiger partial charge in [-0.2, -0.15) is 0 Å². The number of nitrogens with zero attached hydrogens (tertiary/aromatic N) is 1. The largest absolute Gasteiger partial charge is 0.330 e. The molecule has 1 aromatic carbocycles. The van der Waals surface area contributed by atoms with Gasteiger partial charge in [0.05, 0.1) is 6.04 Å². The van der Waals surface area contributed by atoms with Gasteiger partial charge in [0, 0.05) is 6.07 Å². The van der Waals surface area contributed by atoms with Crippen molar-refractivity contribution in [3.05, 3.63) is 67.7 Å². The molecule has 18 heavy (non-hydrogen) atoms. The van der Waals surface area contributed by atoms with Crippen LogP contribution in [0.2, 0.25) is 5.15 Å². The molecule has 0 spiro atoms. The highest BCUT2D eigenvalue weighted by Gasteiger charge is 2.13. The second-order valence-corrected chi connectivity index (χ2v) is 4.27. The van der Waals surface area contributed by atoms with Gasteiger partial charge in [-0.15, -0.1) is 0 Å². The van der Waals surface area contributed by atoms with Crippen LogP contribution < -0.4 is 11.2 Å². The molecule has 0 amide bonds. The van der Waals surface area contributed by atoms with Crippen molar-refractivity contribution in [1.82, 2.24) is 9.55 Å². The molecule has 1 unspecified atom stereocenters. The number of nitrogens with one attached hydrogen (secondary N) is 1. The van der Waals surface area contributed by atoms with E-state index in [4.69, 9.17) is 11.6 Å². The minimum Gasteiger partial charge on any atom is -0.298 e. The predicted molar refractivity (Wildman–Crippen MR) is 66.5 cm³/mol. The maximum absolute atomic E-state index is 12.8. The van der Waals surface area contributed by atoms with Crippen LogP contribution in [0.3, 0.4) is 0 Å². The molecule has 0 aliphatic rings. The number of halogens is 2. The molecule has 4 nitrogen and oxygen atoms in total. The summed E-state index contributed by atoms with van der Waals surface area (Å²) in [7, 11) is 0. The molecule has 94 valence electrons. The SMILES string of the molecule is CC(c1ccc(F)cc1)n1c(=O)cc(Cl)[nH]c1=O. The second kappa shape index (κ2) is 4.78. The molecule has 1 N–H and O–H groups in total. The van der Waals surface area contributed by atoms with E-state index in [0.29, 0.717) is 5.56 Å². The van der Waals surface area contributed by atoms with E-state index in [1.165, 1.54) is 24.3 Å². The molecule has 0 radical (unpaired) electrons. The highest BCUT2D eigenvalue weighted by molar-refractivity contribution is 6.29. The number of hydrogen-bond acceptors (Lipinski definition) is 2. The molecule has 1 heterocycles. The minimum atomic E-state index is -0.593. The van der Waals surface area contributed by atoms with Gasteiger partial charge in [-0.3, -0.25) is 14.3 Å². The average Bonchev–Trinajstić information content (AvgIpc) is 2.28. The topological polar surface area (TPSA) is 54.9 Å². The lowest BCUT2D eigenvalue weighted by molar-refractivity contribution is 0.574. The summed E-state index contributed by atoms with van der Waals surface area (Å²) < 4.78 is 13.8. The van der Waals surface area contributed by atoms with E-state index in [1.807, 2.05) is 0 Å². The van der Waals surface area contributed by atoms with Gasteiger partial charge in [0.2, 0.25) is 0 Å². The van der Waals surface area contributed by atoms with E-state index in [-0.39, 0.29) is 11.0 Å². The molecular weight excluding hydrogens is 259 g/mol. The summed E-state index contributed by atoms with van der Waals surface area (Å²) in [6.45, 7) is 1.68.